The third-order valence-corrected chi connectivity index (χ3v) is 6.02. The number of hydrogen-bond acceptors (Lipinski definition) is 5. The molecule has 0 bridgehead atoms. The number of piperidine rings is 1. The Labute approximate surface area is 185 Å². The van der Waals surface area contributed by atoms with E-state index in [1.54, 1.807) is 42.4 Å². The number of hydrogen-bond donors (Lipinski definition) is 2. The maximum absolute atomic E-state index is 12.9. The molecule has 32 heavy (non-hydrogen) atoms. The van der Waals surface area contributed by atoms with Crippen molar-refractivity contribution in [3.05, 3.63) is 75.3 Å². The highest BCUT2D eigenvalue weighted by Crippen LogP contribution is 2.29. The fourth-order valence-electron chi connectivity index (χ4n) is 4.22. The van der Waals surface area contributed by atoms with Crippen LogP contribution in [0.3, 0.4) is 0 Å². The van der Waals surface area contributed by atoms with Crippen LogP contribution in [-0.4, -0.2) is 44.9 Å². The van der Waals surface area contributed by atoms with Gasteiger partial charge in [0.15, 0.2) is 0 Å². The van der Waals surface area contributed by atoms with Gasteiger partial charge in [-0.15, -0.1) is 0 Å². The van der Waals surface area contributed by atoms with E-state index in [0.717, 1.165) is 17.5 Å². The fraction of sp³-hybridized carbons (Fsp3) is 0.333. The number of nitrogens with one attached hydrogen (secondary N) is 1. The summed E-state index contributed by atoms with van der Waals surface area (Å²) in [5, 5.41) is 12.8. The van der Waals surface area contributed by atoms with Crippen LogP contribution in [0.25, 0.3) is 5.65 Å². The van der Waals surface area contributed by atoms with Gasteiger partial charge in [0.05, 0.1) is 17.3 Å². The summed E-state index contributed by atoms with van der Waals surface area (Å²) in [6, 6.07) is 9.87. The SMILES string of the molecule is Cc1cc([C@H](C)Nc2ccccc2C(=O)O)c2nc([C@@H]3CCN(C)C(=O)C3)cc(=O)n2c1. The summed E-state index contributed by atoms with van der Waals surface area (Å²) in [6.45, 7) is 4.44. The van der Waals surface area contributed by atoms with Gasteiger partial charge in [-0.3, -0.25) is 14.0 Å². The Morgan fingerprint density at radius 2 is 2.00 bits per heavy atom. The van der Waals surface area contributed by atoms with Gasteiger partial charge in [-0.1, -0.05) is 12.1 Å². The lowest BCUT2D eigenvalue weighted by Gasteiger charge is -2.28. The number of para-hydroxylation sites is 1. The lowest BCUT2D eigenvalue weighted by atomic mass is 9.93. The first kappa shape index (κ1) is 21.5. The first-order valence-corrected chi connectivity index (χ1v) is 10.6. The molecule has 2 atom stereocenters. The largest absolute Gasteiger partial charge is 0.478 e. The molecule has 0 spiro atoms. The van der Waals surface area contributed by atoms with Crippen molar-refractivity contribution in [3.8, 4) is 0 Å². The van der Waals surface area contributed by atoms with Crippen LogP contribution in [0.4, 0.5) is 5.69 Å². The normalized spacial score (nSPS) is 17.4. The summed E-state index contributed by atoms with van der Waals surface area (Å²) >= 11 is 0. The van der Waals surface area contributed by atoms with Crippen molar-refractivity contribution in [1.29, 1.82) is 0 Å². The van der Waals surface area contributed by atoms with Crippen molar-refractivity contribution in [1.82, 2.24) is 14.3 Å². The lowest BCUT2D eigenvalue weighted by molar-refractivity contribution is -0.132. The van der Waals surface area contributed by atoms with Crippen LogP contribution in [0.1, 0.15) is 58.9 Å². The number of rotatable bonds is 5. The standard InChI is InChI=1S/C24H26N4O4/c1-14-10-18(15(2)25-19-7-5-4-6-17(19)24(31)32)23-26-20(12-22(30)28(23)13-14)16-8-9-27(3)21(29)11-16/h4-7,10,12-13,15-16,25H,8-9,11H2,1-3H3,(H,31,32)/t15-,16+/m0/s1. The molecule has 8 nitrogen and oxygen atoms in total. The van der Waals surface area contributed by atoms with Gasteiger partial charge in [0.25, 0.3) is 5.56 Å². The van der Waals surface area contributed by atoms with Gasteiger partial charge in [0.1, 0.15) is 5.65 Å². The van der Waals surface area contributed by atoms with E-state index < -0.39 is 5.97 Å². The summed E-state index contributed by atoms with van der Waals surface area (Å²) in [6.07, 6.45) is 2.83. The minimum atomic E-state index is -1.02. The van der Waals surface area contributed by atoms with Crippen molar-refractivity contribution in [2.24, 2.45) is 0 Å². The molecule has 1 fully saturated rings. The van der Waals surface area contributed by atoms with Gasteiger partial charge in [0.2, 0.25) is 5.91 Å². The van der Waals surface area contributed by atoms with E-state index >= 15 is 0 Å². The number of likely N-dealkylation sites (tertiary alicyclic amines) is 1. The highest BCUT2D eigenvalue weighted by atomic mass is 16.4. The topological polar surface area (TPSA) is 104 Å². The van der Waals surface area contributed by atoms with E-state index in [9.17, 15) is 19.5 Å². The molecule has 0 unspecified atom stereocenters. The van der Waals surface area contributed by atoms with Gasteiger partial charge in [-0.2, -0.15) is 0 Å². The third-order valence-electron chi connectivity index (χ3n) is 6.02. The monoisotopic (exact) mass is 434 g/mol. The fourth-order valence-corrected chi connectivity index (χ4v) is 4.22. The van der Waals surface area contributed by atoms with Gasteiger partial charge in [0, 0.05) is 49.4 Å². The Hall–Kier alpha value is -3.68. The average Bonchev–Trinajstić information content (AvgIpc) is 2.75. The number of aryl methyl sites for hydroxylation is 1. The third kappa shape index (κ3) is 4.08. The molecule has 1 aromatic carbocycles. The molecule has 8 heteroatoms. The molecule has 0 radical (unpaired) electrons. The van der Waals surface area contributed by atoms with Crippen LogP contribution in [0, 0.1) is 6.92 Å². The van der Waals surface area contributed by atoms with Crippen molar-refractivity contribution >= 4 is 23.2 Å². The maximum Gasteiger partial charge on any atom is 0.337 e. The number of fused-ring (bicyclic) bond motifs is 1. The zero-order valence-corrected chi connectivity index (χ0v) is 18.3. The Kier molecular flexibility index (Phi) is 5.69. The maximum atomic E-state index is 12.9. The second-order valence-electron chi connectivity index (χ2n) is 8.41. The molecule has 2 aromatic heterocycles. The molecular weight excluding hydrogens is 408 g/mol. The zero-order chi connectivity index (χ0) is 23.0. The highest BCUT2D eigenvalue weighted by molar-refractivity contribution is 5.94. The quantitative estimate of drug-likeness (QED) is 0.639. The van der Waals surface area contributed by atoms with Gasteiger partial charge in [-0.05, 0) is 44.0 Å². The number of anilines is 1. The number of benzene rings is 1. The number of carboxylic acids is 1. The summed E-state index contributed by atoms with van der Waals surface area (Å²) in [7, 11) is 1.78. The summed E-state index contributed by atoms with van der Waals surface area (Å²) < 4.78 is 1.52. The first-order valence-electron chi connectivity index (χ1n) is 10.6. The number of pyridine rings is 1. The molecule has 3 aromatic rings. The molecule has 3 heterocycles. The summed E-state index contributed by atoms with van der Waals surface area (Å²) in [5.41, 5.74) is 3.28. The van der Waals surface area contributed by atoms with E-state index in [4.69, 9.17) is 4.98 Å². The smallest absolute Gasteiger partial charge is 0.337 e. The number of aromatic carboxylic acids is 1. The summed E-state index contributed by atoms with van der Waals surface area (Å²) in [5.74, 6) is -1.06. The predicted octanol–water partition coefficient (Wildman–Crippen LogP) is 3.21. The zero-order valence-electron chi connectivity index (χ0n) is 18.3. The highest BCUT2D eigenvalue weighted by Gasteiger charge is 2.27. The van der Waals surface area contributed by atoms with Gasteiger partial charge >= 0.3 is 5.97 Å². The minimum absolute atomic E-state index is 0.0488. The molecule has 1 amide bonds. The number of amides is 1. The number of carbonyl (C=O) groups excluding carboxylic acids is 1. The average molecular weight is 434 g/mol. The first-order chi connectivity index (χ1) is 15.2. The Balaban J connectivity index is 1.77. The van der Waals surface area contributed by atoms with E-state index in [1.165, 1.54) is 10.5 Å². The van der Waals surface area contributed by atoms with Crippen LogP contribution < -0.4 is 10.9 Å². The van der Waals surface area contributed by atoms with E-state index in [1.807, 2.05) is 19.9 Å². The van der Waals surface area contributed by atoms with Crippen LogP contribution in [0.15, 0.2) is 47.4 Å². The molecule has 166 valence electrons. The Morgan fingerprint density at radius 3 is 2.72 bits per heavy atom. The van der Waals surface area contributed by atoms with Crippen LogP contribution >= 0.6 is 0 Å². The van der Waals surface area contributed by atoms with Gasteiger partial charge < -0.3 is 15.3 Å². The molecule has 2 N–H and O–H groups in total. The molecule has 1 aliphatic rings. The van der Waals surface area contributed by atoms with Crippen molar-refractivity contribution in [2.45, 2.75) is 38.6 Å². The molecule has 4 rings (SSSR count). The Bertz CT molecular complexity index is 1270. The Morgan fingerprint density at radius 1 is 1.25 bits per heavy atom. The molecule has 1 aliphatic heterocycles. The number of carbonyl (C=O) groups is 2. The molecule has 1 saturated heterocycles. The number of aromatic nitrogens is 2. The minimum Gasteiger partial charge on any atom is -0.478 e. The van der Waals surface area contributed by atoms with E-state index in [2.05, 4.69) is 5.32 Å². The van der Waals surface area contributed by atoms with Crippen molar-refractivity contribution in [3.63, 3.8) is 0 Å². The van der Waals surface area contributed by atoms with Crippen LogP contribution in [0.2, 0.25) is 0 Å². The summed E-state index contributed by atoms with van der Waals surface area (Å²) in [4.78, 5) is 43.2. The number of nitrogens with zero attached hydrogens (tertiary/aromatic N) is 3. The number of carboxylic acid groups (broad SMARTS) is 1. The second kappa shape index (κ2) is 8.45. The molecule has 0 aliphatic carbocycles. The lowest BCUT2D eigenvalue weighted by Crippen LogP contribution is -2.35. The van der Waals surface area contributed by atoms with E-state index in [0.29, 0.717) is 30.0 Å². The van der Waals surface area contributed by atoms with Gasteiger partial charge in [-0.25, -0.2) is 9.78 Å². The van der Waals surface area contributed by atoms with Crippen molar-refractivity contribution < 1.29 is 14.7 Å². The van der Waals surface area contributed by atoms with Crippen LogP contribution in [0.5, 0.6) is 0 Å². The van der Waals surface area contributed by atoms with Crippen molar-refractivity contribution in [2.75, 3.05) is 18.9 Å². The molecular formula is C24H26N4O4. The predicted molar refractivity (Wildman–Crippen MR) is 121 cm³/mol. The molecule has 0 saturated carbocycles. The second-order valence-corrected chi connectivity index (χ2v) is 8.41. The van der Waals surface area contributed by atoms with E-state index in [-0.39, 0.29) is 29.0 Å². The van der Waals surface area contributed by atoms with Crippen LogP contribution in [-0.2, 0) is 4.79 Å².